The van der Waals surface area contributed by atoms with Crippen molar-refractivity contribution in [2.45, 2.75) is 32.7 Å². The Hall–Kier alpha value is -2.42. The summed E-state index contributed by atoms with van der Waals surface area (Å²) < 4.78 is 1.93. The Balaban J connectivity index is 1.89. The van der Waals surface area contributed by atoms with Crippen LogP contribution in [0, 0.1) is 6.92 Å². The molecule has 3 rings (SSSR count). The summed E-state index contributed by atoms with van der Waals surface area (Å²) in [6.45, 7) is 6.75. The zero-order valence-corrected chi connectivity index (χ0v) is 14.2. The number of benzene rings is 1. The first kappa shape index (κ1) is 15.5. The Morgan fingerprint density at radius 3 is 2.65 bits per heavy atom. The molecule has 1 aromatic carbocycles. The number of hydrogen-bond donors (Lipinski definition) is 0. The highest BCUT2D eigenvalue weighted by Crippen LogP contribution is 2.46. The molecule has 1 aliphatic heterocycles. The lowest BCUT2D eigenvalue weighted by Gasteiger charge is -2.23. The highest BCUT2D eigenvalue weighted by atomic mass is 16.1. The van der Waals surface area contributed by atoms with E-state index in [9.17, 15) is 4.79 Å². The van der Waals surface area contributed by atoms with Crippen molar-refractivity contribution in [3.63, 3.8) is 0 Å². The molecular formula is C20H23N2O+. The van der Waals surface area contributed by atoms with Gasteiger partial charge in [-0.2, -0.15) is 4.57 Å². The average molecular weight is 307 g/mol. The van der Waals surface area contributed by atoms with Gasteiger partial charge in [-0.05, 0) is 24.6 Å². The zero-order valence-electron chi connectivity index (χ0n) is 14.2. The van der Waals surface area contributed by atoms with Crippen LogP contribution in [0.15, 0.2) is 60.6 Å². The van der Waals surface area contributed by atoms with Gasteiger partial charge in [-0.25, -0.2) is 0 Å². The van der Waals surface area contributed by atoms with E-state index in [4.69, 9.17) is 0 Å². The Bertz CT molecular complexity index is 790. The second-order valence-corrected chi connectivity index (χ2v) is 6.75. The largest absolute Gasteiger partial charge is 0.347 e. The predicted octanol–water partition coefficient (Wildman–Crippen LogP) is 3.16. The number of carbonyl (C=O) groups is 1. The molecule has 0 saturated carbocycles. The fraction of sp³-hybridized carbons (Fsp3) is 0.300. The predicted molar refractivity (Wildman–Crippen MR) is 92.3 cm³/mol. The molecule has 1 aliphatic rings. The van der Waals surface area contributed by atoms with Crippen molar-refractivity contribution in [3.05, 3.63) is 71.7 Å². The van der Waals surface area contributed by atoms with Gasteiger partial charge in [-0.3, -0.25) is 4.79 Å². The fourth-order valence-corrected chi connectivity index (χ4v) is 3.39. The number of pyridine rings is 1. The van der Waals surface area contributed by atoms with Crippen LogP contribution in [0.5, 0.6) is 0 Å². The van der Waals surface area contributed by atoms with E-state index in [1.807, 2.05) is 49.1 Å². The summed E-state index contributed by atoms with van der Waals surface area (Å²) in [5.74, 6) is 0.114. The highest BCUT2D eigenvalue weighted by Gasteiger charge is 2.38. The van der Waals surface area contributed by atoms with E-state index < -0.39 is 0 Å². The van der Waals surface area contributed by atoms with Gasteiger partial charge in [0.15, 0.2) is 12.4 Å². The van der Waals surface area contributed by atoms with Gasteiger partial charge in [0.1, 0.15) is 0 Å². The van der Waals surface area contributed by atoms with Gasteiger partial charge < -0.3 is 4.90 Å². The molecule has 0 aliphatic carbocycles. The molecule has 3 heteroatoms. The van der Waals surface area contributed by atoms with E-state index in [1.54, 1.807) is 6.08 Å². The Labute approximate surface area is 137 Å². The molecule has 1 aromatic heterocycles. The molecule has 118 valence electrons. The maximum atomic E-state index is 12.5. The minimum Gasteiger partial charge on any atom is -0.347 e. The summed E-state index contributed by atoms with van der Waals surface area (Å²) >= 11 is 0. The molecule has 2 heterocycles. The van der Waals surface area contributed by atoms with Crippen LogP contribution in [0.1, 0.15) is 25.0 Å². The molecule has 0 radical (unpaired) electrons. The molecule has 0 amide bonds. The third-order valence-corrected chi connectivity index (χ3v) is 4.58. The number of para-hydroxylation sites is 1. The van der Waals surface area contributed by atoms with Crippen LogP contribution in [-0.2, 0) is 16.8 Å². The smallest absolute Gasteiger partial charge is 0.222 e. The lowest BCUT2D eigenvalue weighted by atomic mass is 9.83. The SMILES string of the molecule is Cc1ccc[n+](CC(=O)C=C2N(C)c3ccccc3C2(C)C)c1. The third-order valence-electron chi connectivity index (χ3n) is 4.58. The monoisotopic (exact) mass is 307 g/mol. The molecule has 23 heavy (non-hydrogen) atoms. The number of likely N-dealkylation sites (N-methyl/N-ethyl adjacent to an activating group) is 1. The minimum absolute atomic E-state index is 0.114. The van der Waals surface area contributed by atoms with Crippen molar-refractivity contribution in [3.8, 4) is 0 Å². The third kappa shape index (κ3) is 2.79. The molecule has 0 bridgehead atoms. The van der Waals surface area contributed by atoms with E-state index in [0.29, 0.717) is 6.54 Å². The number of anilines is 1. The van der Waals surface area contributed by atoms with Gasteiger partial charge in [0.25, 0.3) is 0 Å². The van der Waals surface area contributed by atoms with Gasteiger partial charge in [0.2, 0.25) is 12.3 Å². The van der Waals surface area contributed by atoms with Crippen LogP contribution in [0.25, 0.3) is 0 Å². The summed E-state index contributed by atoms with van der Waals surface area (Å²) in [7, 11) is 2.03. The number of fused-ring (bicyclic) bond motifs is 1. The lowest BCUT2D eigenvalue weighted by Crippen LogP contribution is -2.37. The number of rotatable bonds is 3. The molecule has 0 fully saturated rings. The quantitative estimate of drug-likeness (QED) is 0.642. The summed E-state index contributed by atoms with van der Waals surface area (Å²) in [5, 5.41) is 0. The molecular weight excluding hydrogens is 284 g/mol. The number of allylic oxidation sites excluding steroid dienone is 2. The number of nitrogens with zero attached hydrogens (tertiary/aromatic N) is 2. The standard InChI is InChI=1S/C20H23N2O/c1-15-8-7-11-22(13-15)14-16(23)12-19-20(2,3)17-9-5-6-10-18(17)21(19)4/h5-13H,14H2,1-4H3/q+1. The lowest BCUT2D eigenvalue weighted by molar-refractivity contribution is -0.684. The maximum absolute atomic E-state index is 12.5. The van der Waals surface area contributed by atoms with Gasteiger partial charge in [-0.15, -0.1) is 0 Å². The van der Waals surface area contributed by atoms with E-state index in [-0.39, 0.29) is 11.2 Å². The molecule has 0 spiro atoms. The molecule has 0 saturated heterocycles. The summed E-state index contributed by atoms with van der Waals surface area (Å²) in [4.78, 5) is 14.7. The Morgan fingerprint density at radius 1 is 1.22 bits per heavy atom. The van der Waals surface area contributed by atoms with E-state index in [2.05, 4.69) is 36.9 Å². The van der Waals surface area contributed by atoms with Crippen LogP contribution < -0.4 is 9.47 Å². The van der Waals surface area contributed by atoms with E-state index in [1.165, 1.54) is 11.3 Å². The first-order valence-electron chi connectivity index (χ1n) is 7.93. The number of carbonyl (C=O) groups excluding carboxylic acids is 1. The van der Waals surface area contributed by atoms with Gasteiger partial charge in [0, 0.05) is 41.6 Å². The number of hydrogen-bond acceptors (Lipinski definition) is 2. The van der Waals surface area contributed by atoms with Crippen molar-refractivity contribution in [1.82, 2.24) is 0 Å². The van der Waals surface area contributed by atoms with Crippen LogP contribution in [0.2, 0.25) is 0 Å². The first-order valence-corrected chi connectivity index (χ1v) is 7.93. The summed E-state index contributed by atoms with van der Waals surface area (Å²) in [6, 6.07) is 12.4. The topological polar surface area (TPSA) is 24.2 Å². The molecule has 2 aromatic rings. The van der Waals surface area contributed by atoms with Crippen LogP contribution in [-0.4, -0.2) is 12.8 Å². The van der Waals surface area contributed by atoms with Crippen molar-refractivity contribution in [1.29, 1.82) is 0 Å². The maximum Gasteiger partial charge on any atom is 0.222 e. The number of aryl methyl sites for hydroxylation is 1. The Morgan fingerprint density at radius 2 is 1.96 bits per heavy atom. The van der Waals surface area contributed by atoms with Crippen molar-refractivity contribution >= 4 is 11.5 Å². The second-order valence-electron chi connectivity index (χ2n) is 6.75. The fourth-order valence-electron chi connectivity index (χ4n) is 3.39. The average Bonchev–Trinajstić information content (AvgIpc) is 2.69. The second kappa shape index (κ2) is 5.65. The van der Waals surface area contributed by atoms with Crippen molar-refractivity contribution in [2.75, 3.05) is 11.9 Å². The summed E-state index contributed by atoms with van der Waals surface area (Å²) in [5.41, 5.74) is 4.50. The van der Waals surface area contributed by atoms with Gasteiger partial charge in [-0.1, -0.05) is 32.0 Å². The van der Waals surface area contributed by atoms with Gasteiger partial charge in [0.05, 0.1) is 0 Å². The normalized spacial score (nSPS) is 17.4. The first-order chi connectivity index (χ1) is 10.9. The molecule has 0 N–H and O–H groups in total. The molecule has 0 unspecified atom stereocenters. The highest BCUT2D eigenvalue weighted by molar-refractivity contribution is 5.91. The minimum atomic E-state index is -0.154. The summed E-state index contributed by atoms with van der Waals surface area (Å²) in [6.07, 6.45) is 5.73. The van der Waals surface area contributed by atoms with Crippen LogP contribution in [0.4, 0.5) is 5.69 Å². The van der Waals surface area contributed by atoms with Crippen molar-refractivity contribution < 1.29 is 9.36 Å². The Kier molecular flexibility index (Phi) is 3.80. The number of ketones is 1. The molecule has 0 atom stereocenters. The van der Waals surface area contributed by atoms with Gasteiger partial charge >= 0.3 is 0 Å². The van der Waals surface area contributed by atoms with Crippen LogP contribution in [0.3, 0.4) is 0 Å². The van der Waals surface area contributed by atoms with Crippen molar-refractivity contribution in [2.24, 2.45) is 0 Å². The van der Waals surface area contributed by atoms with E-state index >= 15 is 0 Å². The number of aromatic nitrogens is 1. The van der Waals surface area contributed by atoms with E-state index in [0.717, 1.165) is 11.3 Å². The van der Waals surface area contributed by atoms with Crippen LogP contribution >= 0.6 is 0 Å². The zero-order chi connectivity index (χ0) is 16.6. The molecule has 3 nitrogen and oxygen atoms in total.